The van der Waals surface area contributed by atoms with Crippen molar-refractivity contribution in [1.29, 1.82) is 0 Å². The van der Waals surface area contributed by atoms with E-state index >= 15 is 0 Å². The number of nitrogens with one attached hydrogen (secondary N) is 2. The van der Waals surface area contributed by atoms with Crippen molar-refractivity contribution >= 4 is 11.6 Å². The summed E-state index contributed by atoms with van der Waals surface area (Å²) in [5, 5.41) is 3.47. The van der Waals surface area contributed by atoms with Gasteiger partial charge in [-0.1, -0.05) is 27.7 Å². The van der Waals surface area contributed by atoms with Gasteiger partial charge in [0.25, 0.3) is 0 Å². The van der Waals surface area contributed by atoms with Gasteiger partial charge in [0.15, 0.2) is 0 Å². The van der Waals surface area contributed by atoms with Crippen LogP contribution in [0.1, 0.15) is 57.8 Å². The molecule has 102 valence electrons. The monoisotopic (exact) mass is 251 g/mol. The van der Waals surface area contributed by atoms with Crippen LogP contribution in [0.15, 0.2) is 0 Å². The first-order valence-electron chi connectivity index (χ1n) is 6.65. The van der Waals surface area contributed by atoms with Gasteiger partial charge in [0, 0.05) is 17.5 Å². The lowest BCUT2D eigenvalue weighted by Gasteiger charge is -2.19. The van der Waals surface area contributed by atoms with E-state index in [9.17, 15) is 0 Å². The second-order valence-electron chi connectivity index (χ2n) is 4.86. The average molecular weight is 251 g/mol. The fourth-order valence-corrected chi connectivity index (χ4v) is 1.76. The third-order valence-electron chi connectivity index (χ3n) is 3.14. The van der Waals surface area contributed by atoms with E-state index in [1.807, 2.05) is 6.92 Å². The molecule has 0 spiro atoms. The molecule has 0 radical (unpaired) electrons. The molecule has 0 atom stereocenters. The van der Waals surface area contributed by atoms with E-state index in [4.69, 9.17) is 5.84 Å². The smallest absolute Gasteiger partial charge is 0.148 e. The molecule has 0 unspecified atom stereocenters. The summed E-state index contributed by atoms with van der Waals surface area (Å²) >= 11 is 0. The van der Waals surface area contributed by atoms with Gasteiger partial charge in [0.05, 0.1) is 0 Å². The van der Waals surface area contributed by atoms with E-state index in [2.05, 4.69) is 48.4 Å². The van der Waals surface area contributed by atoms with Crippen LogP contribution in [0.4, 0.5) is 11.6 Å². The standard InChI is InChI=1S/C13H25N5/c1-6-10(7-2)15-12-9(5)13(18-14)17-11(16-12)8(3)4/h8,10H,6-7,14H2,1-5H3,(H2,15,16,17,18). The largest absolute Gasteiger partial charge is 0.367 e. The van der Waals surface area contributed by atoms with Crippen molar-refractivity contribution < 1.29 is 0 Å². The summed E-state index contributed by atoms with van der Waals surface area (Å²) < 4.78 is 0. The zero-order chi connectivity index (χ0) is 13.7. The Morgan fingerprint density at radius 3 is 2.11 bits per heavy atom. The molecule has 0 aromatic carbocycles. The maximum Gasteiger partial charge on any atom is 0.148 e. The van der Waals surface area contributed by atoms with Crippen LogP contribution in [0.3, 0.4) is 0 Å². The molecule has 18 heavy (non-hydrogen) atoms. The van der Waals surface area contributed by atoms with E-state index in [1.54, 1.807) is 0 Å². The van der Waals surface area contributed by atoms with Crippen molar-refractivity contribution in [2.45, 2.75) is 59.4 Å². The quantitative estimate of drug-likeness (QED) is 0.535. The zero-order valence-electron chi connectivity index (χ0n) is 12.0. The van der Waals surface area contributed by atoms with Gasteiger partial charge in [-0.15, -0.1) is 0 Å². The number of aromatic nitrogens is 2. The highest BCUT2D eigenvalue weighted by atomic mass is 15.3. The zero-order valence-corrected chi connectivity index (χ0v) is 12.0. The molecule has 4 N–H and O–H groups in total. The molecule has 1 rings (SSSR count). The molecule has 1 aromatic heterocycles. The number of hydrogen-bond donors (Lipinski definition) is 3. The van der Waals surface area contributed by atoms with Crippen LogP contribution >= 0.6 is 0 Å². The van der Waals surface area contributed by atoms with E-state index in [-0.39, 0.29) is 5.92 Å². The molecule has 5 nitrogen and oxygen atoms in total. The number of hydrogen-bond acceptors (Lipinski definition) is 5. The molecule has 5 heteroatoms. The second kappa shape index (κ2) is 6.54. The van der Waals surface area contributed by atoms with Gasteiger partial charge in [0.1, 0.15) is 17.5 Å². The molecule has 1 aromatic rings. The molecule has 1 heterocycles. The van der Waals surface area contributed by atoms with E-state index in [0.717, 1.165) is 30.0 Å². The maximum atomic E-state index is 5.52. The molecule has 0 bridgehead atoms. The highest BCUT2D eigenvalue weighted by Crippen LogP contribution is 2.23. The first-order valence-corrected chi connectivity index (χ1v) is 6.65. The summed E-state index contributed by atoms with van der Waals surface area (Å²) in [6.45, 7) is 10.5. The van der Waals surface area contributed by atoms with E-state index in [0.29, 0.717) is 11.9 Å². The van der Waals surface area contributed by atoms with Crippen LogP contribution in [0.25, 0.3) is 0 Å². The maximum absolute atomic E-state index is 5.52. The molecule has 0 saturated carbocycles. The minimum Gasteiger partial charge on any atom is -0.367 e. The van der Waals surface area contributed by atoms with Gasteiger partial charge in [-0.05, 0) is 19.8 Å². The Morgan fingerprint density at radius 1 is 1.11 bits per heavy atom. The van der Waals surface area contributed by atoms with Crippen LogP contribution in [0.2, 0.25) is 0 Å². The van der Waals surface area contributed by atoms with Crippen molar-refractivity contribution in [2.24, 2.45) is 5.84 Å². The number of hydrazine groups is 1. The molecular weight excluding hydrogens is 226 g/mol. The highest BCUT2D eigenvalue weighted by Gasteiger charge is 2.14. The summed E-state index contributed by atoms with van der Waals surface area (Å²) in [6, 6.07) is 0.434. The number of rotatable bonds is 6. The van der Waals surface area contributed by atoms with Gasteiger partial charge in [-0.2, -0.15) is 0 Å². The van der Waals surface area contributed by atoms with Crippen molar-refractivity contribution in [3.05, 3.63) is 11.4 Å². The predicted molar refractivity (Wildman–Crippen MR) is 76.7 cm³/mol. The molecule has 0 saturated heterocycles. The van der Waals surface area contributed by atoms with Crippen LogP contribution in [0.5, 0.6) is 0 Å². The first-order chi connectivity index (χ1) is 8.53. The topological polar surface area (TPSA) is 75.9 Å². The van der Waals surface area contributed by atoms with Crippen LogP contribution in [-0.4, -0.2) is 16.0 Å². The van der Waals surface area contributed by atoms with Gasteiger partial charge < -0.3 is 10.7 Å². The number of nitrogen functional groups attached to an aromatic ring is 1. The van der Waals surface area contributed by atoms with Gasteiger partial charge in [-0.3, -0.25) is 0 Å². The lowest BCUT2D eigenvalue weighted by molar-refractivity contribution is 0.664. The normalized spacial score (nSPS) is 11.1. The molecule has 0 fully saturated rings. The first kappa shape index (κ1) is 14.7. The lowest BCUT2D eigenvalue weighted by Crippen LogP contribution is -2.21. The lowest BCUT2D eigenvalue weighted by atomic mass is 10.1. The predicted octanol–water partition coefficient (Wildman–Crippen LogP) is 2.79. The Labute approximate surface area is 110 Å². The SMILES string of the molecule is CCC(CC)Nc1nc(C(C)C)nc(NN)c1C. The minimum atomic E-state index is 0.278. The summed E-state index contributed by atoms with van der Waals surface area (Å²) in [6.07, 6.45) is 2.14. The molecular formula is C13H25N5. The highest BCUT2D eigenvalue weighted by molar-refractivity contribution is 5.57. The van der Waals surface area contributed by atoms with Crippen LogP contribution in [0, 0.1) is 6.92 Å². The Hall–Kier alpha value is -1.36. The molecule has 0 aliphatic carbocycles. The summed E-state index contributed by atoms with van der Waals surface area (Å²) in [5.74, 6) is 8.18. The van der Waals surface area contributed by atoms with E-state index in [1.165, 1.54) is 0 Å². The summed E-state index contributed by atoms with van der Waals surface area (Å²) in [5.41, 5.74) is 3.62. The fourth-order valence-electron chi connectivity index (χ4n) is 1.76. The average Bonchev–Trinajstić information content (AvgIpc) is 2.37. The Morgan fingerprint density at radius 2 is 1.67 bits per heavy atom. The molecule has 0 amide bonds. The van der Waals surface area contributed by atoms with Crippen LogP contribution in [-0.2, 0) is 0 Å². The Balaban J connectivity index is 3.12. The minimum absolute atomic E-state index is 0.278. The third kappa shape index (κ3) is 3.32. The summed E-state index contributed by atoms with van der Waals surface area (Å²) in [7, 11) is 0. The Kier molecular flexibility index (Phi) is 5.34. The Bertz CT molecular complexity index is 385. The third-order valence-corrected chi connectivity index (χ3v) is 3.14. The van der Waals surface area contributed by atoms with Crippen LogP contribution < -0.4 is 16.6 Å². The molecule has 0 aliphatic rings. The summed E-state index contributed by atoms with van der Waals surface area (Å²) in [4.78, 5) is 9.02. The number of nitrogens with zero attached hydrogens (tertiary/aromatic N) is 2. The number of anilines is 2. The number of nitrogens with two attached hydrogens (primary N) is 1. The van der Waals surface area contributed by atoms with Gasteiger partial charge in [-0.25, -0.2) is 15.8 Å². The molecule has 0 aliphatic heterocycles. The van der Waals surface area contributed by atoms with Gasteiger partial charge in [0.2, 0.25) is 0 Å². The second-order valence-corrected chi connectivity index (χ2v) is 4.86. The fraction of sp³-hybridized carbons (Fsp3) is 0.692. The van der Waals surface area contributed by atoms with Gasteiger partial charge >= 0.3 is 0 Å². The van der Waals surface area contributed by atoms with Crippen molar-refractivity contribution in [3.8, 4) is 0 Å². The van der Waals surface area contributed by atoms with Crippen molar-refractivity contribution in [3.63, 3.8) is 0 Å². The van der Waals surface area contributed by atoms with E-state index < -0.39 is 0 Å². The van der Waals surface area contributed by atoms with Crippen molar-refractivity contribution in [1.82, 2.24) is 9.97 Å². The van der Waals surface area contributed by atoms with Crippen molar-refractivity contribution in [2.75, 3.05) is 10.7 Å².